The number of halogens is 1. The first-order valence-electron chi connectivity index (χ1n) is 10.4. The highest BCUT2D eigenvalue weighted by molar-refractivity contribution is 9.10. The van der Waals surface area contributed by atoms with E-state index < -0.39 is 23.6 Å². The number of para-hydroxylation sites is 2. The summed E-state index contributed by atoms with van der Waals surface area (Å²) in [4.78, 5) is 28.7. The van der Waals surface area contributed by atoms with Crippen LogP contribution in [0.3, 0.4) is 0 Å². The number of carbonyl (C=O) groups is 2. The fraction of sp³-hybridized carbons (Fsp3) is 0.154. The van der Waals surface area contributed by atoms with Gasteiger partial charge in [0.15, 0.2) is 0 Å². The molecule has 2 N–H and O–H groups in total. The third-order valence-corrected chi connectivity index (χ3v) is 6.59. The molecule has 0 aromatic heterocycles. The average Bonchev–Trinajstić information content (AvgIpc) is 2.80. The number of carboxylic acid groups (broad SMARTS) is 2. The summed E-state index contributed by atoms with van der Waals surface area (Å²) in [6.07, 6.45) is 0. The molecular weight excluding hydrogens is 484 g/mol. The molecule has 0 saturated carbocycles. The Morgan fingerprint density at radius 2 is 1.33 bits per heavy atom. The molecule has 2 unspecified atom stereocenters. The SMILES string of the molecule is CC1C(C(=O)O)=C(C(=O)O)N(c2ccccc2)C(C)(c2ccc(Br)cc2)N1c1ccccc1. The minimum absolute atomic E-state index is 0.176. The molecule has 0 spiro atoms. The van der Waals surface area contributed by atoms with Crippen LogP contribution < -0.4 is 9.80 Å². The molecule has 1 aliphatic rings. The van der Waals surface area contributed by atoms with Crippen LogP contribution in [0.5, 0.6) is 0 Å². The predicted molar refractivity (Wildman–Crippen MR) is 131 cm³/mol. The Labute approximate surface area is 200 Å². The molecule has 7 heteroatoms. The quantitative estimate of drug-likeness (QED) is 0.478. The number of rotatable bonds is 5. The van der Waals surface area contributed by atoms with E-state index in [9.17, 15) is 19.8 Å². The van der Waals surface area contributed by atoms with Gasteiger partial charge in [0.25, 0.3) is 0 Å². The summed E-state index contributed by atoms with van der Waals surface area (Å²) < 4.78 is 0.886. The van der Waals surface area contributed by atoms with Gasteiger partial charge < -0.3 is 20.0 Å². The van der Waals surface area contributed by atoms with Crippen molar-refractivity contribution >= 4 is 39.2 Å². The number of nitrogens with zero attached hydrogens (tertiary/aromatic N) is 2. The molecule has 2 atom stereocenters. The Hall–Kier alpha value is -3.58. The molecule has 1 aliphatic heterocycles. The van der Waals surface area contributed by atoms with Crippen LogP contribution >= 0.6 is 15.9 Å². The zero-order valence-electron chi connectivity index (χ0n) is 18.1. The van der Waals surface area contributed by atoms with E-state index in [-0.39, 0.29) is 11.3 Å². The average molecular weight is 507 g/mol. The van der Waals surface area contributed by atoms with E-state index in [1.165, 1.54) is 0 Å². The summed E-state index contributed by atoms with van der Waals surface area (Å²) in [5.41, 5.74) is 0.679. The van der Waals surface area contributed by atoms with Crippen molar-refractivity contribution in [2.75, 3.05) is 9.80 Å². The summed E-state index contributed by atoms with van der Waals surface area (Å²) in [5.74, 6) is -2.56. The Morgan fingerprint density at radius 3 is 1.82 bits per heavy atom. The van der Waals surface area contributed by atoms with E-state index in [4.69, 9.17) is 0 Å². The lowest BCUT2D eigenvalue weighted by Crippen LogP contribution is -2.65. The number of aliphatic carboxylic acids is 2. The lowest BCUT2D eigenvalue weighted by atomic mass is 9.86. The molecular formula is C26H23BrN2O4. The van der Waals surface area contributed by atoms with Gasteiger partial charge in [0.1, 0.15) is 11.4 Å². The minimum Gasteiger partial charge on any atom is -0.478 e. The van der Waals surface area contributed by atoms with Crippen molar-refractivity contribution < 1.29 is 19.8 Å². The zero-order chi connectivity index (χ0) is 23.8. The van der Waals surface area contributed by atoms with E-state index in [0.717, 1.165) is 15.7 Å². The van der Waals surface area contributed by atoms with Crippen molar-refractivity contribution in [3.63, 3.8) is 0 Å². The first-order valence-corrected chi connectivity index (χ1v) is 11.2. The fourth-order valence-electron chi connectivity index (χ4n) is 4.70. The van der Waals surface area contributed by atoms with Crippen LogP contribution in [-0.2, 0) is 15.3 Å². The van der Waals surface area contributed by atoms with E-state index >= 15 is 0 Å². The van der Waals surface area contributed by atoms with Crippen molar-refractivity contribution in [3.05, 3.63) is 106 Å². The molecule has 6 nitrogen and oxygen atoms in total. The maximum Gasteiger partial charge on any atom is 0.353 e. The van der Waals surface area contributed by atoms with E-state index in [2.05, 4.69) is 15.9 Å². The van der Waals surface area contributed by atoms with Crippen LogP contribution in [-0.4, -0.2) is 28.2 Å². The molecule has 0 bridgehead atoms. The Bertz CT molecular complexity index is 1210. The van der Waals surface area contributed by atoms with Gasteiger partial charge in [0.05, 0.1) is 11.6 Å². The zero-order valence-corrected chi connectivity index (χ0v) is 19.7. The topological polar surface area (TPSA) is 81.1 Å². The molecule has 33 heavy (non-hydrogen) atoms. The third kappa shape index (κ3) is 3.78. The van der Waals surface area contributed by atoms with Crippen molar-refractivity contribution in [3.8, 4) is 0 Å². The van der Waals surface area contributed by atoms with E-state index in [1.54, 1.807) is 24.0 Å². The Kier molecular flexibility index (Phi) is 5.99. The van der Waals surface area contributed by atoms with Crippen LogP contribution in [0.2, 0.25) is 0 Å². The Morgan fingerprint density at radius 1 is 0.818 bits per heavy atom. The fourth-order valence-corrected chi connectivity index (χ4v) is 4.96. The monoisotopic (exact) mass is 506 g/mol. The van der Waals surface area contributed by atoms with Gasteiger partial charge in [-0.2, -0.15) is 0 Å². The standard InChI is InChI=1S/C26H23BrN2O4/c1-17-22(24(30)31)23(25(32)33)29(21-11-7-4-8-12-21)26(2,18-13-15-19(27)16-14-18)28(17)20-9-5-3-6-10-20/h3-17H,1-2H3,(H,30,31)(H,32,33). The van der Waals surface area contributed by atoms with Gasteiger partial charge in [-0.05, 0) is 55.8 Å². The van der Waals surface area contributed by atoms with Gasteiger partial charge in [-0.25, -0.2) is 9.59 Å². The van der Waals surface area contributed by atoms with Gasteiger partial charge in [0, 0.05) is 15.8 Å². The highest BCUT2D eigenvalue weighted by atomic mass is 79.9. The molecule has 1 heterocycles. The second kappa shape index (κ2) is 8.75. The molecule has 4 rings (SSSR count). The molecule has 0 radical (unpaired) electrons. The predicted octanol–water partition coefficient (Wildman–Crippen LogP) is 5.46. The maximum absolute atomic E-state index is 12.6. The summed E-state index contributed by atoms with van der Waals surface area (Å²) >= 11 is 3.47. The van der Waals surface area contributed by atoms with Crippen LogP contribution in [0.25, 0.3) is 0 Å². The van der Waals surface area contributed by atoms with Crippen LogP contribution in [0.15, 0.2) is 101 Å². The smallest absolute Gasteiger partial charge is 0.353 e. The van der Waals surface area contributed by atoms with Gasteiger partial charge in [-0.15, -0.1) is 0 Å². The number of hydrogen-bond acceptors (Lipinski definition) is 4. The third-order valence-electron chi connectivity index (χ3n) is 6.06. The minimum atomic E-state index is -1.29. The summed E-state index contributed by atoms with van der Waals surface area (Å²) in [7, 11) is 0. The Balaban J connectivity index is 2.14. The van der Waals surface area contributed by atoms with Crippen molar-refractivity contribution in [1.29, 1.82) is 0 Å². The highest BCUT2D eigenvalue weighted by Gasteiger charge is 2.52. The maximum atomic E-state index is 12.6. The molecule has 0 saturated heterocycles. The normalized spacial score (nSPS) is 20.6. The molecule has 3 aromatic carbocycles. The van der Waals surface area contributed by atoms with Crippen molar-refractivity contribution in [1.82, 2.24) is 0 Å². The number of carboxylic acids is 2. The van der Waals surface area contributed by atoms with E-state index in [1.807, 2.05) is 84.6 Å². The first kappa shape index (κ1) is 22.6. The van der Waals surface area contributed by atoms with Crippen molar-refractivity contribution in [2.24, 2.45) is 0 Å². The number of anilines is 2. The molecule has 0 fully saturated rings. The number of benzene rings is 3. The van der Waals surface area contributed by atoms with Crippen LogP contribution in [0.1, 0.15) is 19.4 Å². The van der Waals surface area contributed by atoms with Crippen LogP contribution in [0.4, 0.5) is 11.4 Å². The molecule has 0 amide bonds. The summed E-state index contributed by atoms with van der Waals surface area (Å²) in [6.45, 7) is 3.66. The van der Waals surface area contributed by atoms with E-state index in [0.29, 0.717) is 5.69 Å². The largest absolute Gasteiger partial charge is 0.478 e. The summed E-state index contributed by atoms with van der Waals surface area (Å²) in [6, 6.07) is 25.4. The van der Waals surface area contributed by atoms with Gasteiger partial charge in [-0.3, -0.25) is 0 Å². The van der Waals surface area contributed by atoms with Gasteiger partial charge >= 0.3 is 11.9 Å². The van der Waals surface area contributed by atoms with Gasteiger partial charge in [0.2, 0.25) is 0 Å². The summed E-state index contributed by atoms with van der Waals surface area (Å²) in [5, 5.41) is 20.5. The lowest BCUT2D eigenvalue weighted by molar-refractivity contribution is -0.136. The lowest BCUT2D eigenvalue weighted by Gasteiger charge is -2.57. The molecule has 3 aromatic rings. The molecule has 0 aliphatic carbocycles. The first-order chi connectivity index (χ1) is 15.8. The van der Waals surface area contributed by atoms with Crippen LogP contribution in [0, 0.1) is 0 Å². The van der Waals surface area contributed by atoms with Crippen molar-refractivity contribution in [2.45, 2.75) is 25.6 Å². The van der Waals surface area contributed by atoms with Gasteiger partial charge in [-0.1, -0.05) is 64.5 Å². The highest BCUT2D eigenvalue weighted by Crippen LogP contribution is 2.48. The second-order valence-electron chi connectivity index (χ2n) is 7.95. The second-order valence-corrected chi connectivity index (χ2v) is 8.87. The number of hydrogen-bond donors (Lipinski definition) is 2. The molecule has 168 valence electrons.